The number of aryl methyl sites for hydroxylation is 1. The van der Waals surface area contributed by atoms with E-state index in [1.807, 2.05) is 12.4 Å². The van der Waals surface area contributed by atoms with Crippen LogP contribution in [0.4, 0.5) is 0 Å². The van der Waals surface area contributed by atoms with Crippen molar-refractivity contribution in [2.45, 2.75) is 43.9 Å². The number of halogens is 1. The number of hydrogen-bond donors (Lipinski definition) is 2. The van der Waals surface area contributed by atoms with Crippen LogP contribution in [0.3, 0.4) is 0 Å². The number of nitrogens with one attached hydrogen (secondary N) is 1. The molecular weight excluding hydrogens is 438 g/mol. The molecule has 1 aliphatic carbocycles. The van der Waals surface area contributed by atoms with E-state index in [0.717, 1.165) is 53.7 Å². The molecule has 3 N–H and O–H groups in total. The van der Waals surface area contributed by atoms with Gasteiger partial charge in [-0.15, -0.1) is 0 Å². The molecule has 3 unspecified atom stereocenters. The fourth-order valence-electron chi connectivity index (χ4n) is 5.02. The van der Waals surface area contributed by atoms with Crippen molar-refractivity contribution >= 4 is 15.9 Å². The van der Waals surface area contributed by atoms with Crippen LogP contribution in [0.15, 0.2) is 65.4 Å². The van der Waals surface area contributed by atoms with Crippen LogP contribution in [-0.4, -0.2) is 35.1 Å². The monoisotopic (exact) mass is 465 g/mol. The van der Waals surface area contributed by atoms with E-state index in [4.69, 9.17) is 10.5 Å². The largest absolute Gasteiger partial charge is 0.483 e. The van der Waals surface area contributed by atoms with Crippen LogP contribution in [0, 0.1) is 0 Å². The molecule has 5 rings (SSSR count). The molecule has 1 aromatic heterocycles. The van der Waals surface area contributed by atoms with E-state index in [0.29, 0.717) is 6.04 Å². The molecule has 156 valence electrons. The van der Waals surface area contributed by atoms with Gasteiger partial charge in [0.1, 0.15) is 11.9 Å². The molecule has 3 atom stereocenters. The molecule has 1 saturated heterocycles. The number of nitrogens with two attached hydrogens (primary N) is 1. The second-order valence-corrected chi connectivity index (χ2v) is 9.40. The maximum absolute atomic E-state index is 6.88. The second kappa shape index (κ2) is 8.58. The van der Waals surface area contributed by atoms with Gasteiger partial charge in [0.2, 0.25) is 0 Å². The lowest BCUT2D eigenvalue weighted by atomic mass is 9.84. The number of piperidine rings is 1. The lowest BCUT2D eigenvalue weighted by molar-refractivity contribution is 0.0370. The van der Waals surface area contributed by atoms with Gasteiger partial charge >= 0.3 is 0 Å². The third-order valence-corrected chi connectivity index (χ3v) is 6.98. The number of nitrogens with zero attached hydrogens (tertiary/aromatic N) is 1. The van der Waals surface area contributed by atoms with E-state index in [-0.39, 0.29) is 12.1 Å². The fraction of sp³-hybridized carbons (Fsp3) is 0.360. The summed E-state index contributed by atoms with van der Waals surface area (Å²) in [6.07, 6.45) is 8.45. The maximum atomic E-state index is 6.88. The number of likely N-dealkylation sites (tertiary alicyclic amines) is 1. The summed E-state index contributed by atoms with van der Waals surface area (Å²) in [5, 5.41) is 0. The summed E-state index contributed by atoms with van der Waals surface area (Å²) in [4.78, 5) is 5.74. The Bertz CT molecular complexity index is 1000. The predicted molar refractivity (Wildman–Crippen MR) is 125 cm³/mol. The average molecular weight is 466 g/mol. The number of ether oxygens (including phenoxy) is 1. The van der Waals surface area contributed by atoms with Crippen molar-refractivity contribution in [1.82, 2.24) is 9.88 Å². The van der Waals surface area contributed by atoms with Crippen LogP contribution in [0.2, 0.25) is 0 Å². The summed E-state index contributed by atoms with van der Waals surface area (Å²) < 4.78 is 7.93. The highest BCUT2D eigenvalue weighted by atomic mass is 79.9. The van der Waals surface area contributed by atoms with Crippen LogP contribution < -0.4 is 10.5 Å². The van der Waals surface area contributed by atoms with E-state index in [2.05, 4.69) is 74.3 Å². The molecule has 2 heterocycles. The van der Waals surface area contributed by atoms with E-state index < -0.39 is 0 Å². The third-order valence-electron chi connectivity index (χ3n) is 6.48. The zero-order valence-electron chi connectivity index (χ0n) is 17.1. The van der Waals surface area contributed by atoms with Crippen LogP contribution in [-0.2, 0) is 6.42 Å². The summed E-state index contributed by atoms with van der Waals surface area (Å²) in [6, 6.07) is 17.7. The van der Waals surface area contributed by atoms with Crippen LogP contribution in [0.5, 0.6) is 5.75 Å². The molecule has 0 radical (unpaired) electrons. The minimum absolute atomic E-state index is 0.000817. The normalized spacial score (nSPS) is 24.4. The molecule has 1 aliphatic heterocycles. The SMILES string of the molecule is NC1CCCN(C2CCc3ccccc3C2Oc2ccc(Br)cc2-c2cc[nH]c2)C1. The van der Waals surface area contributed by atoms with Gasteiger partial charge in [-0.1, -0.05) is 40.2 Å². The molecule has 2 aliphatic rings. The number of rotatable bonds is 4. The zero-order valence-corrected chi connectivity index (χ0v) is 18.6. The Kier molecular flexibility index (Phi) is 5.68. The van der Waals surface area contributed by atoms with Gasteiger partial charge in [0, 0.05) is 40.6 Å². The first-order chi connectivity index (χ1) is 14.7. The maximum Gasteiger partial charge on any atom is 0.139 e. The van der Waals surface area contributed by atoms with E-state index in [1.165, 1.54) is 17.5 Å². The van der Waals surface area contributed by atoms with Gasteiger partial charge in [-0.05, 0) is 67.6 Å². The fourth-order valence-corrected chi connectivity index (χ4v) is 5.38. The van der Waals surface area contributed by atoms with Crippen LogP contribution in [0.25, 0.3) is 11.1 Å². The molecule has 5 heteroatoms. The van der Waals surface area contributed by atoms with Crippen molar-refractivity contribution in [3.05, 3.63) is 76.5 Å². The molecule has 0 spiro atoms. The van der Waals surface area contributed by atoms with Gasteiger partial charge in [-0.2, -0.15) is 0 Å². The van der Waals surface area contributed by atoms with Crippen molar-refractivity contribution in [3.8, 4) is 16.9 Å². The topological polar surface area (TPSA) is 54.3 Å². The molecular formula is C25H28BrN3O. The highest BCUT2D eigenvalue weighted by molar-refractivity contribution is 9.10. The first kappa shape index (κ1) is 19.9. The van der Waals surface area contributed by atoms with Gasteiger partial charge in [0.05, 0.1) is 6.04 Å². The van der Waals surface area contributed by atoms with E-state index in [9.17, 15) is 0 Å². The van der Waals surface area contributed by atoms with E-state index in [1.54, 1.807) is 0 Å². The third kappa shape index (κ3) is 3.94. The minimum atomic E-state index is -0.000817. The number of aromatic amines is 1. The van der Waals surface area contributed by atoms with Crippen LogP contribution in [0.1, 0.15) is 36.5 Å². The first-order valence-electron chi connectivity index (χ1n) is 10.9. The zero-order chi connectivity index (χ0) is 20.5. The molecule has 2 aromatic carbocycles. The average Bonchev–Trinajstić information content (AvgIpc) is 3.30. The Balaban J connectivity index is 1.53. The van der Waals surface area contributed by atoms with Gasteiger partial charge in [-0.3, -0.25) is 4.90 Å². The summed E-state index contributed by atoms with van der Waals surface area (Å²) in [5.41, 5.74) is 11.3. The van der Waals surface area contributed by atoms with Crippen molar-refractivity contribution < 1.29 is 4.74 Å². The van der Waals surface area contributed by atoms with Crippen molar-refractivity contribution in [3.63, 3.8) is 0 Å². The summed E-state index contributed by atoms with van der Waals surface area (Å²) in [6.45, 7) is 2.06. The highest BCUT2D eigenvalue weighted by Crippen LogP contribution is 2.41. The molecule has 1 fully saturated rings. The van der Waals surface area contributed by atoms with E-state index >= 15 is 0 Å². The van der Waals surface area contributed by atoms with Crippen LogP contribution >= 0.6 is 15.9 Å². The second-order valence-electron chi connectivity index (χ2n) is 8.48. The Morgan fingerprint density at radius 3 is 2.83 bits per heavy atom. The number of benzene rings is 2. The van der Waals surface area contributed by atoms with Gasteiger partial charge < -0.3 is 15.5 Å². The van der Waals surface area contributed by atoms with Gasteiger partial charge in [0.15, 0.2) is 0 Å². The van der Waals surface area contributed by atoms with Crippen molar-refractivity contribution in [2.75, 3.05) is 13.1 Å². The molecule has 0 bridgehead atoms. The number of H-pyrrole nitrogens is 1. The Labute approximate surface area is 186 Å². The van der Waals surface area contributed by atoms with Crippen molar-refractivity contribution in [1.29, 1.82) is 0 Å². The lowest BCUT2D eigenvalue weighted by Gasteiger charge is -2.43. The summed E-state index contributed by atoms with van der Waals surface area (Å²) in [7, 11) is 0. The quantitative estimate of drug-likeness (QED) is 0.549. The van der Waals surface area contributed by atoms with Crippen molar-refractivity contribution in [2.24, 2.45) is 5.73 Å². The summed E-state index contributed by atoms with van der Waals surface area (Å²) in [5.74, 6) is 0.922. The number of aromatic nitrogens is 1. The first-order valence-corrected chi connectivity index (χ1v) is 11.6. The Hall–Kier alpha value is -2.08. The smallest absolute Gasteiger partial charge is 0.139 e. The molecule has 4 nitrogen and oxygen atoms in total. The summed E-state index contributed by atoms with van der Waals surface area (Å²) >= 11 is 3.63. The molecule has 3 aromatic rings. The standard InChI is InChI=1S/C25H28BrN3O/c26-19-8-10-24(22(14-19)18-11-12-28-15-18)30-25-21-6-2-1-4-17(21)7-9-23(25)29-13-3-5-20(27)16-29/h1-2,4,6,8,10-12,14-15,20,23,25,28H,3,5,7,9,13,16,27H2. The van der Waals surface area contributed by atoms with Gasteiger partial charge in [0.25, 0.3) is 0 Å². The Morgan fingerprint density at radius 1 is 1.10 bits per heavy atom. The number of fused-ring (bicyclic) bond motifs is 1. The molecule has 0 amide bonds. The highest BCUT2D eigenvalue weighted by Gasteiger charge is 2.37. The lowest BCUT2D eigenvalue weighted by Crippen LogP contribution is -2.51. The number of hydrogen-bond acceptors (Lipinski definition) is 3. The Morgan fingerprint density at radius 2 is 2.00 bits per heavy atom. The van der Waals surface area contributed by atoms with Gasteiger partial charge in [-0.25, -0.2) is 0 Å². The minimum Gasteiger partial charge on any atom is -0.483 e. The predicted octanol–water partition coefficient (Wildman–Crippen LogP) is 5.30. The molecule has 30 heavy (non-hydrogen) atoms. The molecule has 0 saturated carbocycles.